The molecule has 0 saturated carbocycles. The van der Waals surface area contributed by atoms with Gasteiger partial charge >= 0.3 is 0 Å². The Bertz CT molecular complexity index is 1000. The number of benzene rings is 1. The molecular weight excluding hydrogens is 370 g/mol. The Morgan fingerprint density at radius 1 is 1.07 bits per heavy atom. The lowest BCUT2D eigenvalue weighted by molar-refractivity contribution is -0.131. The average Bonchev–Trinajstić information content (AvgIpc) is 3.37. The lowest BCUT2D eigenvalue weighted by atomic mass is 10.1. The first-order valence-corrected chi connectivity index (χ1v) is 9.85. The summed E-state index contributed by atoms with van der Waals surface area (Å²) >= 11 is 0. The molecule has 1 amide bonds. The van der Waals surface area contributed by atoms with Crippen molar-refractivity contribution in [3.8, 4) is 11.6 Å². The first-order valence-electron chi connectivity index (χ1n) is 9.85. The van der Waals surface area contributed by atoms with Crippen LogP contribution in [0.25, 0.3) is 11.6 Å². The number of aryl methyl sites for hydroxylation is 4. The second kappa shape index (κ2) is 8.06. The van der Waals surface area contributed by atoms with E-state index in [1.165, 1.54) is 16.8 Å². The molecule has 8 heteroatoms. The molecule has 0 radical (unpaired) electrons. The van der Waals surface area contributed by atoms with Crippen LogP contribution in [-0.2, 0) is 11.2 Å². The topological polar surface area (TPSA) is 88.5 Å². The lowest BCUT2D eigenvalue weighted by Gasteiger charge is -2.37. The number of hydrogen-bond donors (Lipinski definition) is 0. The van der Waals surface area contributed by atoms with Crippen molar-refractivity contribution in [1.82, 2.24) is 20.3 Å². The smallest absolute Gasteiger partial charge is 0.269 e. The fraction of sp³-hybridized carbons (Fsp3) is 0.429. The average molecular weight is 395 g/mol. The van der Waals surface area contributed by atoms with Crippen molar-refractivity contribution in [2.75, 3.05) is 31.1 Å². The van der Waals surface area contributed by atoms with E-state index in [0.717, 1.165) is 26.2 Å². The van der Waals surface area contributed by atoms with Gasteiger partial charge in [-0.1, -0.05) is 17.3 Å². The highest BCUT2D eigenvalue weighted by Crippen LogP contribution is 2.23. The van der Waals surface area contributed by atoms with E-state index in [2.05, 4.69) is 52.3 Å². The van der Waals surface area contributed by atoms with E-state index in [9.17, 15) is 4.79 Å². The molecule has 1 aliphatic rings. The first kappa shape index (κ1) is 19.2. The molecule has 0 unspecified atom stereocenters. The quantitative estimate of drug-likeness (QED) is 0.656. The van der Waals surface area contributed by atoms with Gasteiger partial charge in [-0.15, -0.1) is 10.2 Å². The zero-order valence-corrected chi connectivity index (χ0v) is 17.0. The Labute approximate surface area is 169 Å². The summed E-state index contributed by atoms with van der Waals surface area (Å²) in [4.78, 5) is 16.9. The van der Waals surface area contributed by atoms with E-state index in [1.807, 2.05) is 4.90 Å². The molecule has 2 aromatic heterocycles. The Morgan fingerprint density at radius 2 is 1.86 bits per heavy atom. The molecule has 4 rings (SSSR count). The predicted octanol–water partition coefficient (Wildman–Crippen LogP) is 2.93. The van der Waals surface area contributed by atoms with Gasteiger partial charge in [0.1, 0.15) is 5.76 Å². The summed E-state index contributed by atoms with van der Waals surface area (Å²) in [5, 5.41) is 11.9. The zero-order chi connectivity index (χ0) is 20.4. The van der Waals surface area contributed by atoms with Gasteiger partial charge < -0.3 is 18.7 Å². The second-order valence-electron chi connectivity index (χ2n) is 7.48. The number of rotatable bonds is 5. The summed E-state index contributed by atoms with van der Waals surface area (Å²) in [6.07, 6.45) is 0.767. The van der Waals surface area contributed by atoms with Crippen LogP contribution in [0.1, 0.15) is 29.2 Å². The second-order valence-corrected chi connectivity index (χ2v) is 7.48. The van der Waals surface area contributed by atoms with Gasteiger partial charge in [-0.3, -0.25) is 4.79 Å². The highest BCUT2D eigenvalue weighted by Gasteiger charge is 2.23. The summed E-state index contributed by atoms with van der Waals surface area (Å²) in [5.41, 5.74) is 4.29. The van der Waals surface area contributed by atoms with Crippen molar-refractivity contribution in [3.05, 3.63) is 47.0 Å². The number of hydrogen-bond acceptors (Lipinski definition) is 7. The number of carbonyl (C=O) groups is 1. The third-order valence-corrected chi connectivity index (χ3v) is 5.20. The van der Waals surface area contributed by atoms with Crippen LogP contribution in [0, 0.1) is 20.8 Å². The van der Waals surface area contributed by atoms with Crippen LogP contribution in [-0.4, -0.2) is 52.3 Å². The van der Waals surface area contributed by atoms with E-state index >= 15 is 0 Å². The van der Waals surface area contributed by atoms with Crippen LogP contribution in [0.15, 0.2) is 33.2 Å². The molecule has 0 aliphatic carbocycles. The minimum absolute atomic E-state index is 0.114. The molecule has 0 N–H and O–H groups in total. The Morgan fingerprint density at radius 3 is 2.59 bits per heavy atom. The third-order valence-electron chi connectivity index (χ3n) is 5.20. The number of carbonyl (C=O) groups excluding carboxylic acids is 1. The van der Waals surface area contributed by atoms with Crippen molar-refractivity contribution in [3.63, 3.8) is 0 Å². The van der Waals surface area contributed by atoms with Gasteiger partial charge in [0.15, 0.2) is 5.69 Å². The third kappa shape index (κ3) is 4.31. The van der Waals surface area contributed by atoms with Gasteiger partial charge in [0.2, 0.25) is 11.8 Å². The maximum atomic E-state index is 12.6. The summed E-state index contributed by atoms with van der Waals surface area (Å²) in [6, 6.07) is 8.24. The SMILES string of the molecule is Cc1ccc(C)c(N2CCN(C(=O)CCc3nnc(-c4cc(C)on4)o3)CC2)c1. The van der Waals surface area contributed by atoms with Crippen LogP contribution in [0.2, 0.25) is 0 Å². The molecule has 0 bridgehead atoms. The molecule has 29 heavy (non-hydrogen) atoms. The Kier molecular flexibility index (Phi) is 5.33. The Hall–Kier alpha value is -3.16. The van der Waals surface area contributed by atoms with E-state index in [-0.39, 0.29) is 5.91 Å². The van der Waals surface area contributed by atoms with E-state index in [1.54, 1.807) is 13.0 Å². The van der Waals surface area contributed by atoms with Crippen LogP contribution in [0.3, 0.4) is 0 Å². The monoisotopic (exact) mass is 395 g/mol. The largest absolute Gasteiger partial charge is 0.419 e. The number of anilines is 1. The normalized spacial score (nSPS) is 14.4. The molecule has 1 fully saturated rings. The molecule has 8 nitrogen and oxygen atoms in total. The van der Waals surface area contributed by atoms with Crippen LogP contribution in [0.4, 0.5) is 5.69 Å². The van der Waals surface area contributed by atoms with Crippen LogP contribution >= 0.6 is 0 Å². The number of nitrogens with zero attached hydrogens (tertiary/aromatic N) is 5. The minimum atomic E-state index is 0.114. The highest BCUT2D eigenvalue weighted by atomic mass is 16.5. The van der Waals surface area contributed by atoms with Crippen molar-refractivity contribution >= 4 is 11.6 Å². The number of aromatic nitrogens is 3. The highest BCUT2D eigenvalue weighted by molar-refractivity contribution is 5.76. The summed E-state index contributed by atoms with van der Waals surface area (Å²) in [6.45, 7) is 9.16. The van der Waals surface area contributed by atoms with Gasteiger partial charge in [0.05, 0.1) is 0 Å². The maximum Gasteiger partial charge on any atom is 0.269 e. The maximum absolute atomic E-state index is 12.6. The first-order chi connectivity index (χ1) is 14.0. The van der Waals surface area contributed by atoms with E-state index in [0.29, 0.717) is 36.1 Å². The van der Waals surface area contributed by atoms with E-state index < -0.39 is 0 Å². The van der Waals surface area contributed by atoms with Crippen LogP contribution < -0.4 is 4.90 Å². The minimum Gasteiger partial charge on any atom is -0.419 e. The molecule has 0 spiro atoms. The molecule has 3 aromatic rings. The number of piperazine rings is 1. The van der Waals surface area contributed by atoms with Gasteiger partial charge in [-0.25, -0.2) is 0 Å². The fourth-order valence-electron chi connectivity index (χ4n) is 3.55. The van der Waals surface area contributed by atoms with Crippen molar-refractivity contribution < 1.29 is 13.7 Å². The molecule has 3 heterocycles. The van der Waals surface area contributed by atoms with Gasteiger partial charge in [-0.2, -0.15) is 0 Å². The van der Waals surface area contributed by atoms with Crippen molar-refractivity contribution in [1.29, 1.82) is 0 Å². The van der Waals surface area contributed by atoms with Gasteiger partial charge in [0.25, 0.3) is 5.89 Å². The van der Waals surface area contributed by atoms with Crippen molar-refractivity contribution in [2.45, 2.75) is 33.6 Å². The fourth-order valence-corrected chi connectivity index (χ4v) is 3.55. The predicted molar refractivity (Wildman–Crippen MR) is 108 cm³/mol. The molecule has 1 aromatic carbocycles. The zero-order valence-electron chi connectivity index (χ0n) is 17.0. The number of amides is 1. The van der Waals surface area contributed by atoms with Gasteiger partial charge in [-0.05, 0) is 38.0 Å². The standard InChI is InChI=1S/C21H25N5O3/c1-14-4-5-15(2)18(12-14)25-8-10-26(11-9-25)20(27)7-6-19-22-23-21(28-19)17-13-16(3)29-24-17/h4-5,12-13H,6-11H2,1-3H3. The molecule has 1 saturated heterocycles. The molecule has 1 aliphatic heterocycles. The van der Waals surface area contributed by atoms with E-state index in [4.69, 9.17) is 8.94 Å². The van der Waals surface area contributed by atoms with Crippen molar-refractivity contribution in [2.24, 2.45) is 0 Å². The van der Waals surface area contributed by atoms with Gasteiger partial charge in [0, 0.05) is 50.8 Å². The lowest BCUT2D eigenvalue weighted by Crippen LogP contribution is -2.49. The summed E-state index contributed by atoms with van der Waals surface area (Å²) in [7, 11) is 0. The Balaban J connectivity index is 1.29. The summed E-state index contributed by atoms with van der Waals surface area (Å²) in [5.74, 6) is 1.53. The molecular formula is C21H25N5O3. The van der Waals surface area contributed by atoms with Crippen LogP contribution in [0.5, 0.6) is 0 Å². The molecule has 0 atom stereocenters. The molecule has 152 valence electrons. The summed E-state index contributed by atoms with van der Waals surface area (Å²) < 4.78 is 10.6.